The summed E-state index contributed by atoms with van der Waals surface area (Å²) in [6.45, 7) is 7.08. The highest BCUT2D eigenvalue weighted by Crippen LogP contribution is 2.29. The van der Waals surface area contributed by atoms with E-state index in [1.165, 1.54) is 5.56 Å². The van der Waals surface area contributed by atoms with Crippen molar-refractivity contribution in [2.45, 2.75) is 58.5 Å². The van der Waals surface area contributed by atoms with E-state index in [1.807, 2.05) is 78.9 Å². The van der Waals surface area contributed by atoms with Gasteiger partial charge in [-0.25, -0.2) is 0 Å². The van der Waals surface area contributed by atoms with E-state index in [1.54, 1.807) is 4.90 Å². The zero-order valence-electron chi connectivity index (χ0n) is 22.0. The minimum atomic E-state index is -0.665. The Hall–Kier alpha value is -3.12. The molecule has 0 aliphatic rings. The number of halogens is 1. The van der Waals surface area contributed by atoms with Crippen LogP contribution in [-0.2, 0) is 22.6 Å². The first-order valence-electron chi connectivity index (χ1n) is 13.0. The lowest BCUT2D eigenvalue weighted by Crippen LogP contribution is -2.51. The Bertz CT molecular complexity index is 1140. The molecule has 0 saturated carbocycles. The fourth-order valence-corrected chi connectivity index (χ4v) is 4.57. The largest absolute Gasteiger partial charge is 0.483 e. The van der Waals surface area contributed by atoms with E-state index >= 15 is 0 Å². The Kier molecular flexibility index (Phi) is 11.2. The predicted molar refractivity (Wildman–Crippen MR) is 153 cm³/mol. The van der Waals surface area contributed by atoms with Crippen molar-refractivity contribution in [2.75, 3.05) is 13.2 Å². The zero-order chi connectivity index (χ0) is 26.6. The summed E-state index contributed by atoms with van der Waals surface area (Å²) in [5.74, 6) is 0.599. The first kappa shape index (κ1) is 28.5. The number of amides is 2. The Morgan fingerprint density at radius 2 is 1.59 bits per heavy atom. The number of unbranched alkanes of at least 4 members (excludes halogenated alkanes) is 1. The molecular weight excluding hydrogens is 528 g/mol. The predicted octanol–water partition coefficient (Wildman–Crippen LogP) is 6.51. The van der Waals surface area contributed by atoms with Gasteiger partial charge in [0.05, 0.1) is 4.47 Å². The average molecular weight is 566 g/mol. The molecule has 0 fully saturated rings. The maximum absolute atomic E-state index is 13.7. The monoisotopic (exact) mass is 564 g/mol. The van der Waals surface area contributed by atoms with E-state index < -0.39 is 6.04 Å². The van der Waals surface area contributed by atoms with Crippen LogP contribution < -0.4 is 10.1 Å². The van der Waals surface area contributed by atoms with Crippen LogP contribution in [-0.4, -0.2) is 35.9 Å². The molecule has 3 aromatic carbocycles. The molecule has 3 aromatic rings. The summed E-state index contributed by atoms with van der Waals surface area (Å²) in [6.07, 6.45) is 2.29. The van der Waals surface area contributed by atoms with Gasteiger partial charge in [0.1, 0.15) is 11.8 Å². The minimum absolute atomic E-state index is 0.149. The molecule has 0 aromatic heterocycles. The second kappa shape index (κ2) is 14.6. The van der Waals surface area contributed by atoms with Gasteiger partial charge in [-0.15, -0.1) is 0 Å². The molecule has 0 saturated heterocycles. The van der Waals surface area contributed by atoms with Crippen molar-refractivity contribution in [3.05, 3.63) is 100 Å². The normalized spacial score (nSPS) is 11.7. The summed E-state index contributed by atoms with van der Waals surface area (Å²) in [5.41, 5.74) is 3.14. The van der Waals surface area contributed by atoms with Gasteiger partial charge in [-0.1, -0.05) is 93.9 Å². The zero-order valence-corrected chi connectivity index (χ0v) is 23.5. The molecular formula is C31H37BrN2O3. The second-order valence-electron chi connectivity index (χ2n) is 9.49. The molecule has 0 aliphatic carbocycles. The smallest absolute Gasteiger partial charge is 0.261 e. The van der Waals surface area contributed by atoms with Gasteiger partial charge in [-0.05, 0) is 57.1 Å². The Morgan fingerprint density at radius 1 is 0.946 bits per heavy atom. The van der Waals surface area contributed by atoms with Crippen LogP contribution in [0.15, 0.2) is 83.3 Å². The van der Waals surface area contributed by atoms with Crippen LogP contribution in [0.2, 0.25) is 0 Å². The van der Waals surface area contributed by atoms with Crippen molar-refractivity contribution in [3.8, 4) is 5.75 Å². The Morgan fingerprint density at radius 3 is 2.19 bits per heavy atom. The van der Waals surface area contributed by atoms with E-state index in [4.69, 9.17) is 4.74 Å². The number of carbonyl (C=O) groups excluding carboxylic acids is 2. The molecule has 0 heterocycles. The second-order valence-corrected chi connectivity index (χ2v) is 10.3. The quantitative estimate of drug-likeness (QED) is 0.241. The van der Waals surface area contributed by atoms with Crippen LogP contribution in [0, 0.1) is 0 Å². The van der Waals surface area contributed by atoms with E-state index in [0.717, 1.165) is 28.4 Å². The molecule has 196 valence electrons. The molecule has 0 spiro atoms. The average Bonchev–Trinajstić information content (AvgIpc) is 2.91. The summed E-state index contributed by atoms with van der Waals surface area (Å²) in [6, 6.07) is 24.8. The van der Waals surface area contributed by atoms with Crippen LogP contribution in [0.25, 0.3) is 0 Å². The SMILES string of the molecule is CCCCNC(=O)C(Cc1ccccc1)N(Cc1ccccc1)C(=O)COc1ccc(C(C)C)cc1Br. The third kappa shape index (κ3) is 8.74. The molecule has 3 rings (SSSR count). The number of nitrogens with zero attached hydrogens (tertiary/aromatic N) is 1. The first-order chi connectivity index (χ1) is 17.9. The van der Waals surface area contributed by atoms with Gasteiger partial charge >= 0.3 is 0 Å². The molecule has 0 aliphatic heterocycles. The highest BCUT2D eigenvalue weighted by atomic mass is 79.9. The summed E-state index contributed by atoms with van der Waals surface area (Å²) < 4.78 is 6.77. The lowest BCUT2D eigenvalue weighted by molar-refractivity contribution is -0.142. The molecule has 5 nitrogen and oxygen atoms in total. The van der Waals surface area contributed by atoms with E-state index in [0.29, 0.717) is 31.2 Å². The maximum Gasteiger partial charge on any atom is 0.261 e. The number of hydrogen-bond donors (Lipinski definition) is 1. The van der Waals surface area contributed by atoms with Crippen molar-refractivity contribution in [1.82, 2.24) is 10.2 Å². The summed E-state index contributed by atoms with van der Waals surface area (Å²) in [5, 5.41) is 3.04. The third-order valence-electron chi connectivity index (χ3n) is 6.27. The van der Waals surface area contributed by atoms with Gasteiger partial charge in [-0.3, -0.25) is 9.59 Å². The molecule has 1 atom stereocenters. The summed E-state index contributed by atoms with van der Waals surface area (Å²) >= 11 is 3.57. The highest BCUT2D eigenvalue weighted by molar-refractivity contribution is 9.10. The number of ether oxygens (including phenoxy) is 1. The highest BCUT2D eigenvalue weighted by Gasteiger charge is 2.30. The van der Waals surface area contributed by atoms with Crippen molar-refractivity contribution >= 4 is 27.7 Å². The molecule has 1 unspecified atom stereocenters. The lowest BCUT2D eigenvalue weighted by Gasteiger charge is -2.31. The molecule has 0 radical (unpaired) electrons. The first-order valence-corrected chi connectivity index (χ1v) is 13.8. The maximum atomic E-state index is 13.7. The fourth-order valence-electron chi connectivity index (χ4n) is 4.06. The summed E-state index contributed by atoms with van der Waals surface area (Å²) in [4.78, 5) is 28.8. The number of carbonyl (C=O) groups is 2. The van der Waals surface area contributed by atoms with Gasteiger partial charge in [0, 0.05) is 19.5 Å². The van der Waals surface area contributed by atoms with Crippen molar-refractivity contribution in [1.29, 1.82) is 0 Å². The fraction of sp³-hybridized carbons (Fsp3) is 0.355. The topological polar surface area (TPSA) is 58.6 Å². The van der Waals surface area contributed by atoms with Crippen LogP contribution in [0.5, 0.6) is 5.75 Å². The van der Waals surface area contributed by atoms with Gasteiger partial charge in [0.25, 0.3) is 5.91 Å². The lowest BCUT2D eigenvalue weighted by atomic mass is 10.0. The van der Waals surface area contributed by atoms with E-state index in [2.05, 4.69) is 42.0 Å². The summed E-state index contributed by atoms with van der Waals surface area (Å²) in [7, 11) is 0. The van der Waals surface area contributed by atoms with Gasteiger partial charge in [-0.2, -0.15) is 0 Å². The molecule has 6 heteroatoms. The minimum Gasteiger partial charge on any atom is -0.483 e. The molecule has 37 heavy (non-hydrogen) atoms. The molecule has 1 N–H and O–H groups in total. The van der Waals surface area contributed by atoms with Crippen LogP contribution >= 0.6 is 15.9 Å². The molecule has 0 bridgehead atoms. The van der Waals surface area contributed by atoms with Crippen LogP contribution in [0.3, 0.4) is 0 Å². The van der Waals surface area contributed by atoms with Gasteiger partial charge in [0.15, 0.2) is 6.61 Å². The number of hydrogen-bond acceptors (Lipinski definition) is 3. The Labute approximate surface area is 229 Å². The number of benzene rings is 3. The Balaban J connectivity index is 1.86. The standard InChI is InChI=1S/C31H37BrN2O3/c1-4-5-18-33-31(36)28(19-24-12-8-6-9-13-24)34(21-25-14-10-7-11-15-25)30(35)22-37-29-17-16-26(23(2)3)20-27(29)32/h6-17,20,23,28H,4-5,18-19,21-22H2,1-3H3,(H,33,36). The van der Waals surface area contributed by atoms with Crippen LogP contribution in [0.4, 0.5) is 0 Å². The van der Waals surface area contributed by atoms with Crippen LogP contribution in [0.1, 0.15) is 56.2 Å². The van der Waals surface area contributed by atoms with Crippen molar-refractivity contribution in [3.63, 3.8) is 0 Å². The number of nitrogens with one attached hydrogen (secondary N) is 1. The van der Waals surface area contributed by atoms with Gasteiger partial charge in [0.2, 0.25) is 5.91 Å². The van der Waals surface area contributed by atoms with Gasteiger partial charge < -0.3 is 15.0 Å². The van der Waals surface area contributed by atoms with Crippen molar-refractivity contribution in [2.24, 2.45) is 0 Å². The van der Waals surface area contributed by atoms with E-state index in [9.17, 15) is 9.59 Å². The third-order valence-corrected chi connectivity index (χ3v) is 6.89. The number of rotatable bonds is 13. The van der Waals surface area contributed by atoms with E-state index in [-0.39, 0.29) is 18.4 Å². The molecule has 2 amide bonds. The van der Waals surface area contributed by atoms with Crippen molar-refractivity contribution < 1.29 is 14.3 Å².